The van der Waals surface area contributed by atoms with Crippen molar-refractivity contribution >= 4 is 5.97 Å². The third kappa shape index (κ3) is 33.8. The monoisotopic (exact) mass is 583 g/mol. The molecule has 0 spiro atoms. The second-order valence-electron chi connectivity index (χ2n) is 12.9. The van der Waals surface area contributed by atoms with Crippen molar-refractivity contribution in [2.24, 2.45) is 0 Å². The van der Waals surface area contributed by atoms with Crippen LogP contribution in [0.4, 0.5) is 0 Å². The van der Waals surface area contributed by atoms with Crippen molar-refractivity contribution in [2.45, 2.75) is 232 Å². The van der Waals surface area contributed by atoms with Crippen LogP contribution >= 0.6 is 0 Å². The van der Waals surface area contributed by atoms with Crippen molar-refractivity contribution in [1.82, 2.24) is 0 Å². The summed E-state index contributed by atoms with van der Waals surface area (Å²) in [5.41, 5.74) is 0. The maximum Gasteiger partial charge on any atom is 0.323 e. The molecular formula is C37H74O4. The van der Waals surface area contributed by atoms with Gasteiger partial charge in [-0.25, -0.2) is 0 Å². The Morgan fingerprint density at radius 3 is 0.854 bits per heavy atom. The second-order valence-corrected chi connectivity index (χ2v) is 12.9. The average Bonchev–Trinajstić information content (AvgIpc) is 2.95. The Morgan fingerprint density at radius 1 is 0.415 bits per heavy atom. The van der Waals surface area contributed by atoms with Crippen molar-refractivity contribution in [1.29, 1.82) is 0 Å². The molecule has 4 nitrogen and oxygen atoms in total. The first-order chi connectivity index (χ1) is 20.0. The van der Waals surface area contributed by atoms with Crippen LogP contribution < -0.4 is 0 Å². The van der Waals surface area contributed by atoms with Gasteiger partial charge in [-0.3, -0.25) is 4.79 Å². The summed E-state index contributed by atoms with van der Waals surface area (Å²) in [5, 5.41) is 18.6. The lowest BCUT2D eigenvalue weighted by Gasteiger charge is -2.19. The summed E-state index contributed by atoms with van der Waals surface area (Å²) in [7, 11) is 0. The summed E-state index contributed by atoms with van der Waals surface area (Å²) in [4.78, 5) is 11.5. The molecule has 0 aromatic rings. The largest absolute Gasteiger partial charge is 0.408 e. The van der Waals surface area contributed by atoms with Crippen LogP contribution in [0.3, 0.4) is 0 Å². The van der Waals surface area contributed by atoms with Gasteiger partial charge in [-0.15, -0.1) is 0 Å². The van der Waals surface area contributed by atoms with E-state index in [-0.39, 0.29) is 12.8 Å². The van der Waals surface area contributed by atoms with Crippen LogP contribution in [-0.2, 0) is 9.53 Å². The van der Waals surface area contributed by atoms with Crippen molar-refractivity contribution in [3.8, 4) is 0 Å². The maximum atomic E-state index is 11.5. The van der Waals surface area contributed by atoms with Crippen molar-refractivity contribution in [3.63, 3.8) is 0 Å². The van der Waals surface area contributed by atoms with Gasteiger partial charge in [0.05, 0.1) is 0 Å². The number of unbranched alkanes of at least 4 members (excludes halogenated alkanes) is 30. The third-order valence-electron chi connectivity index (χ3n) is 8.72. The first-order valence-corrected chi connectivity index (χ1v) is 18.7. The van der Waals surface area contributed by atoms with Crippen molar-refractivity contribution in [3.05, 3.63) is 0 Å². The first-order valence-electron chi connectivity index (χ1n) is 18.7. The van der Waals surface area contributed by atoms with Crippen LogP contribution in [0.25, 0.3) is 0 Å². The molecule has 0 aliphatic carbocycles. The molecule has 0 fully saturated rings. The molecule has 0 aliphatic heterocycles. The van der Waals surface area contributed by atoms with Gasteiger partial charge in [0, 0.05) is 12.8 Å². The Kier molecular flexibility index (Phi) is 31.8. The van der Waals surface area contributed by atoms with E-state index >= 15 is 0 Å². The zero-order valence-electron chi connectivity index (χ0n) is 28.0. The van der Waals surface area contributed by atoms with Gasteiger partial charge in [0.2, 0.25) is 0 Å². The maximum absolute atomic E-state index is 11.5. The van der Waals surface area contributed by atoms with Crippen LogP contribution in [0.2, 0.25) is 0 Å². The van der Waals surface area contributed by atoms with E-state index in [2.05, 4.69) is 11.7 Å². The Labute approximate surface area is 257 Å². The average molecular weight is 583 g/mol. The number of hydrogen-bond donors (Lipinski definition) is 2. The van der Waals surface area contributed by atoms with E-state index in [1.165, 1.54) is 180 Å². The molecular weight excluding hydrogens is 508 g/mol. The molecule has 0 unspecified atom stereocenters. The zero-order valence-corrected chi connectivity index (χ0v) is 28.0. The van der Waals surface area contributed by atoms with Crippen molar-refractivity contribution in [2.75, 3.05) is 0 Å². The van der Waals surface area contributed by atoms with Gasteiger partial charge in [0.15, 0.2) is 0 Å². The molecule has 0 bridgehead atoms. The van der Waals surface area contributed by atoms with Crippen LogP contribution in [-0.4, -0.2) is 22.2 Å². The summed E-state index contributed by atoms with van der Waals surface area (Å²) in [6.07, 6.45) is 43.1. The molecule has 0 aliphatic rings. The number of ether oxygens (including phenoxy) is 1. The predicted octanol–water partition coefficient (Wildman–Crippen LogP) is 12.1. The fourth-order valence-corrected chi connectivity index (χ4v) is 5.77. The van der Waals surface area contributed by atoms with Crippen LogP contribution in [0.1, 0.15) is 226 Å². The van der Waals surface area contributed by atoms with Gasteiger partial charge in [-0.05, 0) is 6.42 Å². The highest BCUT2D eigenvalue weighted by Crippen LogP contribution is 2.17. The lowest BCUT2D eigenvalue weighted by Crippen LogP contribution is -2.33. The highest BCUT2D eigenvalue weighted by Gasteiger charge is 2.25. The van der Waals surface area contributed by atoms with Gasteiger partial charge in [-0.2, -0.15) is 0 Å². The third-order valence-corrected chi connectivity index (χ3v) is 8.72. The number of esters is 1. The molecule has 0 heterocycles. The molecule has 0 atom stereocenters. The summed E-state index contributed by atoms with van der Waals surface area (Å²) in [6, 6.07) is 0. The standard InChI is InChI=1S/C37H74O4/c1-3-5-6-7-8-9-10-11-12-13-14-15-16-17-18-19-20-21-22-23-24-25-26-27-28-29-30-31-32-33-34-35-36(38)41-37(39,40)4-2/h39-40H,3-35H2,1-2H3. The van der Waals surface area contributed by atoms with E-state index < -0.39 is 11.9 Å². The van der Waals surface area contributed by atoms with E-state index in [1.54, 1.807) is 6.92 Å². The van der Waals surface area contributed by atoms with E-state index in [9.17, 15) is 15.0 Å². The molecule has 2 N–H and O–H groups in total. The zero-order chi connectivity index (χ0) is 30.1. The molecule has 246 valence electrons. The van der Waals surface area contributed by atoms with Gasteiger partial charge in [-0.1, -0.05) is 206 Å². The van der Waals surface area contributed by atoms with Gasteiger partial charge >= 0.3 is 11.9 Å². The lowest BCUT2D eigenvalue weighted by molar-refractivity contribution is -0.319. The molecule has 0 radical (unpaired) electrons. The summed E-state index contributed by atoms with van der Waals surface area (Å²) >= 11 is 0. The van der Waals surface area contributed by atoms with Crippen LogP contribution in [0, 0.1) is 0 Å². The van der Waals surface area contributed by atoms with Crippen molar-refractivity contribution < 1.29 is 19.7 Å². The molecule has 0 amide bonds. The first kappa shape index (κ1) is 40.4. The molecule has 0 saturated carbocycles. The summed E-state index contributed by atoms with van der Waals surface area (Å²) < 4.78 is 4.63. The SMILES string of the molecule is CCCCCCCCCCCCCCCCCCCCCCCCCCCCCCCCCC(=O)OC(O)(O)CC. The quantitative estimate of drug-likeness (QED) is 0.0450. The Balaban J connectivity index is 3.11. The predicted molar refractivity (Wildman–Crippen MR) is 177 cm³/mol. The topological polar surface area (TPSA) is 66.8 Å². The number of carbonyl (C=O) groups excluding carboxylic acids is 1. The van der Waals surface area contributed by atoms with E-state index in [4.69, 9.17) is 0 Å². The number of aliphatic hydroxyl groups is 2. The summed E-state index contributed by atoms with van der Waals surface area (Å²) in [5.74, 6) is -2.82. The number of carbonyl (C=O) groups is 1. The van der Waals surface area contributed by atoms with Gasteiger partial charge in [0.1, 0.15) is 0 Å². The Morgan fingerprint density at radius 2 is 0.634 bits per heavy atom. The van der Waals surface area contributed by atoms with E-state index in [1.807, 2.05) is 0 Å². The molecule has 0 aromatic heterocycles. The highest BCUT2D eigenvalue weighted by atomic mass is 16.8. The lowest BCUT2D eigenvalue weighted by atomic mass is 10.0. The minimum Gasteiger partial charge on any atom is -0.408 e. The van der Waals surface area contributed by atoms with E-state index in [0.717, 1.165) is 19.3 Å². The highest BCUT2D eigenvalue weighted by molar-refractivity contribution is 5.69. The Bertz CT molecular complexity index is 519. The molecule has 41 heavy (non-hydrogen) atoms. The van der Waals surface area contributed by atoms with Gasteiger partial charge < -0.3 is 14.9 Å². The Hall–Kier alpha value is -0.610. The summed E-state index contributed by atoms with van der Waals surface area (Å²) in [6.45, 7) is 3.86. The molecule has 0 rings (SSSR count). The van der Waals surface area contributed by atoms with Crippen LogP contribution in [0.15, 0.2) is 0 Å². The minimum absolute atomic E-state index is 0.0155. The molecule has 0 saturated heterocycles. The van der Waals surface area contributed by atoms with E-state index in [0.29, 0.717) is 0 Å². The fourth-order valence-electron chi connectivity index (χ4n) is 5.77. The second kappa shape index (κ2) is 32.3. The number of hydrogen-bond acceptors (Lipinski definition) is 4. The normalized spacial score (nSPS) is 11.8. The van der Waals surface area contributed by atoms with Crippen LogP contribution in [0.5, 0.6) is 0 Å². The number of rotatable bonds is 34. The van der Waals surface area contributed by atoms with Gasteiger partial charge in [0.25, 0.3) is 0 Å². The smallest absolute Gasteiger partial charge is 0.323 e. The molecule has 0 aromatic carbocycles. The molecule has 4 heteroatoms. The minimum atomic E-state index is -2.30. The fraction of sp³-hybridized carbons (Fsp3) is 0.973.